The number of benzene rings is 1. The number of rotatable bonds is 2. The van der Waals surface area contributed by atoms with Gasteiger partial charge >= 0.3 is 12.1 Å². The van der Waals surface area contributed by atoms with Crippen molar-refractivity contribution in [2.75, 3.05) is 10.6 Å². The molecule has 0 unspecified atom stereocenters. The highest BCUT2D eigenvalue weighted by Crippen LogP contribution is 2.46. The number of amides is 3. The van der Waals surface area contributed by atoms with Crippen LogP contribution in [-0.2, 0) is 11.2 Å². The van der Waals surface area contributed by atoms with Crippen molar-refractivity contribution in [2.24, 2.45) is 0 Å². The molecule has 2 bridgehead atoms. The Kier molecular flexibility index (Phi) is 5.75. The van der Waals surface area contributed by atoms with Gasteiger partial charge in [0.05, 0.1) is 16.1 Å². The molecule has 1 saturated heterocycles. The molecule has 2 atom stereocenters. The van der Waals surface area contributed by atoms with Gasteiger partial charge in [-0.05, 0) is 69.9 Å². The first-order valence-corrected chi connectivity index (χ1v) is 10.9. The molecule has 7 nitrogen and oxygen atoms in total. The largest absolute Gasteiger partial charge is 0.444 e. The summed E-state index contributed by atoms with van der Waals surface area (Å²) in [7, 11) is 0. The van der Waals surface area contributed by atoms with E-state index in [4.69, 9.17) is 27.9 Å². The van der Waals surface area contributed by atoms with Gasteiger partial charge in [-0.2, -0.15) is 0 Å². The third kappa shape index (κ3) is 4.57. The normalized spacial score (nSPS) is 19.6. The number of carbonyl (C=O) groups is 2. The summed E-state index contributed by atoms with van der Waals surface area (Å²) in [6.07, 6.45) is 3.48. The van der Waals surface area contributed by atoms with Crippen LogP contribution in [0.5, 0.6) is 0 Å². The number of urea groups is 1. The van der Waals surface area contributed by atoms with Gasteiger partial charge in [0.1, 0.15) is 11.4 Å². The minimum atomic E-state index is -0.622. The summed E-state index contributed by atoms with van der Waals surface area (Å²) in [5.74, 6) is 0.435. The Morgan fingerprint density at radius 3 is 2.61 bits per heavy atom. The minimum Gasteiger partial charge on any atom is -0.444 e. The van der Waals surface area contributed by atoms with Gasteiger partial charge in [0.15, 0.2) is 0 Å². The van der Waals surface area contributed by atoms with Crippen molar-refractivity contribution in [3.8, 4) is 0 Å². The van der Waals surface area contributed by atoms with Gasteiger partial charge in [0.2, 0.25) is 0 Å². The summed E-state index contributed by atoms with van der Waals surface area (Å²) in [5.41, 5.74) is 1.91. The molecule has 0 radical (unpaired) electrons. The predicted molar refractivity (Wildman–Crippen MR) is 121 cm³/mol. The van der Waals surface area contributed by atoms with Crippen molar-refractivity contribution in [3.05, 3.63) is 51.6 Å². The second kappa shape index (κ2) is 8.20. The molecule has 3 heterocycles. The van der Waals surface area contributed by atoms with E-state index < -0.39 is 11.7 Å². The molecule has 1 fully saturated rings. The van der Waals surface area contributed by atoms with Gasteiger partial charge in [-0.1, -0.05) is 23.2 Å². The molecule has 1 aromatic heterocycles. The molecule has 0 aliphatic carbocycles. The monoisotopic (exact) mass is 462 g/mol. The summed E-state index contributed by atoms with van der Waals surface area (Å²) in [5, 5.41) is 6.48. The Morgan fingerprint density at radius 1 is 1.13 bits per heavy atom. The van der Waals surface area contributed by atoms with E-state index in [0.717, 1.165) is 24.0 Å². The Morgan fingerprint density at radius 2 is 1.90 bits per heavy atom. The lowest BCUT2D eigenvalue weighted by Crippen LogP contribution is -2.44. The first kappa shape index (κ1) is 21.7. The van der Waals surface area contributed by atoms with E-state index in [0.29, 0.717) is 28.0 Å². The molecule has 2 aliphatic rings. The zero-order valence-electron chi connectivity index (χ0n) is 17.5. The van der Waals surface area contributed by atoms with E-state index in [2.05, 4.69) is 15.6 Å². The maximum Gasteiger partial charge on any atom is 0.413 e. The Labute approximate surface area is 191 Å². The van der Waals surface area contributed by atoms with Gasteiger partial charge in [-0.3, -0.25) is 5.32 Å². The van der Waals surface area contributed by atoms with Crippen molar-refractivity contribution in [1.29, 1.82) is 0 Å². The van der Waals surface area contributed by atoms with Gasteiger partial charge in [0.25, 0.3) is 0 Å². The van der Waals surface area contributed by atoms with Crippen LogP contribution in [0, 0.1) is 0 Å². The van der Waals surface area contributed by atoms with Crippen LogP contribution in [0.2, 0.25) is 10.0 Å². The Balaban J connectivity index is 1.58. The van der Waals surface area contributed by atoms with Crippen LogP contribution in [0.3, 0.4) is 0 Å². The third-order valence-electron chi connectivity index (χ3n) is 5.40. The van der Waals surface area contributed by atoms with E-state index in [-0.39, 0.29) is 18.1 Å². The highest BCUT2D eigenvalue weighted by molar-refractivity contribution is 6.42. The number of aromatic nitrogens is 1. The average Bonchev–Trinajstić information content (AvgIpc) is 2.97. The molecule has 9 heteroatoms. The van der Waals surface area contributed by atoms with Crippen LogP contribution in [0.4, 0.5) is 21.1 Å². The molecule has 0 spiro atoms. The first-order chi connectivity index (χ1) is 14.6. The summed E-state index contributed by atoms with van der Waals surface area (Å²) in [4.78, 5) is 31.7. The molecule has 164 valence electrons. The number of carbonyl (C=O) groups excluding carboxylic acids is 2. The fourth-order valence-corrected chi connectivity index (χ4v) is 4.55. The zero-order chi connectivity index (χ0) is 22.3. The standard InChI is InChI=1S/C22H24Cl2N4O3/c1-22(2,3)31-21(30)27-19-18-12(8-9-25-19)10-14-5-7-17(18)28(14)20(29)26-13-4-6-15(23)16(24)11-13/h4,6,8-9,11,14,17H,5,7,10H2,1-3H3,(H,26,29)(H,25,27,30)/t14-,17+/m0/s1. The van der Waals surface area contributed by atoms with Crippen LogP contribution in [0.1, 0.15) is 50.8 Å². The second-order valence-corrected chi connectivity index (χ2v) is 9.59. The van der Waals surface area contributed by atoms with Crippen molar-refractivity contribution < 1.29 is 14.3 Å². The lowest BCUT2D eigenvalue weighted by atomic mass is 9.94. The summed E-state index contributed by atoms with van der Waals surface area (Å²) >= 11 is 12.0. The van der Waals surface area contributed by atoms with E-state index >= 15 is 0 Å². The molecular weight excluding hydrogens is 439 g/mol. The van der Waals surface area contributed by atoms with E-state index in [1.807, 2.05) is 11.0 Å². The lowest BCUT2D eigenvalue weighted by molar-refractivity contribution is 0.0635. The summed E-state index contributed by atoms with van der Waals surface area (Å²) < 4.78 is 5.38. The van der Waals surface area contributed by atoms with Crippen molar-refractivity contribution in [1.82, 2.24) is 9.88 Å². The smallest absolute Gasteiger partial charge is 0.413 e. The maximum atomic E-state index is 13.2. The highest BCUT2D eigenvalue weighted by atomic mass is 35.5. The Bertz CT molecular complexity index is 1040. The number of ether oxygens (including phenoxy) is 1. The lowest BCUT2D eigenvalue weighted by Gasteiger charge is -2.37. The molecule has 2 N–H and O–H groups in total. The molecule has 0 saturated carbocycles. The van der Waals surface area contributed by atoms with Crippen LogP contribution in [-0.4, -0.2) is 33.7 Å². The highest BCUT2D eigenvalue weighted by Gasteiger charge is 2.44. The van der Waals surface area contributed by atoms with Gasteiger partial charge < -0.3 is 15.0 Å². The topological polar surface area (TPSA) is 83.6 Å². The van der Waals surface area contributed by atoms with Gasteiger partial charge in [-0.25, -0.2) is 14.6 Å². The van der Waals surface area contributed by atoms with Crippen LogP contribution in [0.25, 0.3) is 0 Å². The van der Waals surface area contributed by atoms with Crippen molar-refractivity contribution >= 4 is 46.8 Å². The summed E-state index contributed by atoms with van der Waals surface area (Å²) in [6, 6.07) is 6.61. The van der Waals surface area contributed by atoms with Crippen LogP contribution >= 0.6 is 23.2 Å². The maximum absolute atomic E-state index is 13.2. The molecule has 3 amide bonds. The first-order valence-electron chi connectivity index (χ1n) is 10.1. The molecular formula is C22H24Cl2N4O3. The fourth-order valence-electron chi connectivity index (χ4n) is 4.25. The predicted octanol–water partition coefficient (Wildman–Crippen LogP) is 6.03. The number of hydrogen-bond acceptors (Lipinski definition) is 4. The number of halogens is 2. The number of nitrogens with zero attached hydrogens (tertiary/aromatic N) is 2. The number of pyridine rings is 1. The molecule has 2 aromatic rings. The average molecular weight is 463 g/mol. The van der Waals surface area contributed by atoms with Gasteiger partial charge in [0, 0.05) is 23.5 Å². The summed E-state index contributed by atoms with van der Waals surface area (Å²) in [6.45, 7) is 5.41. The molecule has 1 aromatic carbocycles. The fraction of sp³-hybridized carbons (Fsp3) is 0.409. The quantitative estimate of drug-likeness (QED) is 0.570. The number of hydrogen-bond donors (Lipinski definition) is 2. The number of fused-ring (bicyclic) bond motifs is 4. The SMILES string of the molecule is CC(C)(C)OC(=O)Nc1nccc2c1[C@H]1CC[C@@H](C2)N1C(=O)Nc1ccc(Cl)c(Cl)c1. The number of nitrogens with one attached hydrogen (secondary N) is 2. The van der Waals surface area contributed by atoms with Crippen molar-refractivity contribution in [2.45, 2.75) is 57.7 Å². The van der Waals surface area contributed by atoms with Crippen LogP contribution < -0.4 is 10.6 Å². The second-order valence-electron chi connectivity index (χ2n) is 8.78. The van der Waals surface area contributed by atoms with E-state index in [9.17, 15) is 9.59 Å². The Hall–Kier alpha value is -2.51. The third-order valence-corrected chi connectivity index (χ3v) is 6.14. The number of anilines is 2. The van der Waals surface area contributed by atoms with E-state index in [1.165, 1.54) is 0 Å². The minimum absolute atomic E-state index is 0.0806. The molecule has 4 rings (SSSR count). The molecule has 2 aliphatic heterocycles. The molecule has 31 heavy (non-hydrogen) atoms. The van der Waals surface area contributed by atoms with Crippen LogP contribution in [0.15, 0.2) is 30.5 Å². The van der Waals surface area contributed by atoms with E-state index in [1.54, 1.807) is 45.2 Å². The van der Waals surface area contributed by atoms with Crippen molar-refractivity contribution in [3.63, 3.8) is 0 Å². The van der Waals surface area contributed by atoms with Gasteiger partial charge in [-0.15, -0.1) is 0 Å². The zero-order valence-corrected chi connectivity index (χ0v) is 19.0.